The number of nitrogens with two attached hydrogens (primary N) is 1. The van der Waals surface area contributed by atoms with Gasteiger partial charge in [0.15, 0.2) is 11.5 Å². The summed E-state index contributed by atoms with van der Waals surface area (Å²) in [5.74, 6) is 0.607. The standard InChI is InChI=1S/C18H15N3O2S/c1-2-23-16-8-11(5-6-15(16)22)12-9-14(17-4-3-7-24-17)21-18(20)13(12)10-19/h3-9,22H,2H2,1H3,(H2,20,21). The molecule has 0 spiro atoms. The van der Waals surface area contributed by atoms with Gasteiger partial charge in [-0.15, -0.1) is 11.3 Å². The van der Waals surface area contributed by atoms with Gasteiger partial charge in [-0.25, -0.2) is 4.98 Å². The number of thiophene rings is 1. The Hall–Kier alpha value is -3.04. The molecule has 0 unspecified atom stereocenters. The Labute approximate surface area is 143 Å². The van der Waals surface area contributed by atoms with Gasteiger partial charge in [-0.05, 0) is 42.1 Å². The first-order valence-electron chi connectivity index (χ1n) is 7.34. The van der Waals surface area contributed by atoms with Crippen molar-refractivity contribution in [2.45, 2.75) is 6.92 Å². The normalized spacial score (nSPS) is 10.3. The molecule has 0 aliphatic heterocycles. The number of nitrogens with zero attached hydrogens (tertiary/aromatic N) is 2. The average Bonchev–Trinajstić information content (AvgIpc) is 3.11. The fourth-order valence-corrected chi connectivity index (χ4v) is 3.10. The van der Waals surface area contributed by atoms with Gasteiger partial charge in [0.2, 0.25) is 0 Å². The van der Waals surface area contributed by atoms with E-state index in [9.17, 15) is 10.4 Å². The SMILES string of the molecule is CCOc1cc(-c2cc(-c3cccs3)nc(N)c2C#N)ccc1O. The molecule has 0 fully saturated rings. The zero-order valence-corrected chi connectivity index (χ0v) is 13.8. The molecule has 0 saturated heterocycles. The van der Waals surface area contributed by atoms with E-state index < -0.39 is 0 Å². The minimum atomic E-state index is 0.0552. The second-order valence-corrected chi connectivity index (χ2v) is 5.97. The van der Waals surface area contributed by atoms with E-state index in [1.165, 1.54) is 0 Å². The molecule has 2 aromatic heterocycles. The first-order valence-corrected chi connectivity index (χ1v) is 8.22. The van der Waals surface area contributed by atoms with E-state index in [1.54, 1.807) is 29.5 Å². The van der Waals surface area contributed by atoms with Gasteiger partial charge in [-0.3, -0.25) is 0 Å². The van der Waals surface area contributed by atoms with E-state index in [4.69, 9.17) is 10.5 Å². The third kappa shape index (κ3) is 2.90. The van der Waals surface area contributed by atoms with Crippen LogP contribution in [0.2, 0.25) is 0 Å². The molecule has 1 aromatic carbocycles. The molecular formula is C18H15N3O2S. The summed E-state index contributed by atoms with van der Waals surface area (Å²) in [7, 11) is 0. The Morgan fingerprint density at radius 2 is 2.17 bits per heavy atom. The zero-order valence-electron chi connectivity index (χ0n) is 13.0. The van der Waals surface area contributed by atoms with Crippen LogP contribution < -0.4 is 10.5 Å². The summed E-state index contributed by atoms with van der Waals surface area (Å²) >= 11 is 1.55. The molecule has 0 amide bonds. The molecule has 3 N–H and O–H groups in total. The van der Waals surface area contributed by atoms with Gasteiger partial charge in [0, 0.05) is 5.56 Å². The number of ether oxygens (including phenoxy) is 1. The summed E-state index contributed by atoms with van der Waals surface area (Å²) in [6.07, 6.45) is 0. The third-order valence-corrected chi connectivity index (χ3v) is 4.40. The molecule has 3 rings (SSSR count). The van der Waals surface area contributed by atoms with Crippen LogP contribution in [0.4, 0.5) is 5.82 Å². The van der Waals surface area contributed by atoms with Crippen LogP contribution in [-0.4, -0.2) is 16.7 Å². The van der Waals surface area contributed by atoms with E-state index in [0.29, 0.717) is 29.2 Å². The lowest BCUT2D eigenvalue weighted by Crippen LogP contribution is -1.99. The number of aromatic hydroxyl groups is 1. The Morgan fingerprint density at radius 3 is 2.83 bits per heavy atom. The maximum Gasteiger partial charge on any atom is 0.161 e. The van der Waals surface area contributed by atoms with Gasteiger partial charge in [-0.1, -0.05) is 12.1 Å². The molecular weight excluding hydrogens is 322 g/mol. The fraction of sp³-hybridized carbons (Fsp3) is 0.111. The highest BCUT2D eigenvalue weighted by molar-refractivity contribution is 7.13. The molecule has 2 heterocycles. The summed E-state index contributed by atoms with van der Waals surface area (Å²) in [5.41, 5.74) is 8.41. The predicted molar refractivity (Wildman–Crippen MR) is 94.9 cm³/mol. The van der Waals surface area contributed by atoms with Crippen molar-refractivity contribution in [1.82, 2.24) is 4.98 Å². The van der Waals surface area contributed by atoms with Crippen LogP contribution in [0, 0.1) is 11.3 Å². The lowest BCUT2D eigenvalue weighted by atomic mass is 9.99. The van der Waals surface area contributed by atoms with Crippen molar-refractivity contribution in [2.75, 3.05) is 12.3 Å². The number of phenols is 1. The summed E-state index contributed by atoms with van der Waals surface area (Å²) in [6, 6.07) is 12.8. The van der Waals surface area contributed by atoms with Crippen LogP contribution in [0.25, 0.3) is 21.7 Å². The van der Waals surface area contributed by atoms with Crippen LogP contribution in [0.5, 0.6) is 11.5 Å². The summed E-state index contributed by atoms with van der Waals surface area (Å²) in [5, 5.41) is 21.3. The number of benzene rings is 1. The number of aromatic nitrogens is 1. The largest absolute Gasteiger partial charge is 0.504 e. The number of nitrogen functional groups attached to an aromatic ring is 1. The lowest BCUT2D eigenvalue weighted by molar-refractivity contribution is 0.318. The minimum Gasteiger partial charge on any atom is -0.504 e. The smallest absolute Gasteiger partial charge is 0.161 e. The second-order valence-electron chi connectivity index (χ2n) is 5.02. The van der Waals surface area contributed by atoms with Crippen LogP contribution in [-0.2, 0) is 0 Å². The molecule has 0 bridgehead atoms. The molecule has 0 radical (unpaired) electrons. The first-order chi connectivity index (χ1) is 11.6. The van der Waals surface area contributed by atoms with Gasteiger partial charge in [0.1, 0.15) is 17.5 Å². The highest BCUT2D eigenvalue weighted by Gasteiger charge is 2.15. The molecule has 0 saturated carbocycles. The summed E-state index contributed by atoms with van der Waals surface area (Å²) < 4.78 is 5.43. The number of pyridine rings is 1. The van der Waals surface area contributed by atoms with Crippen molar-refractivity contribution in [3.63, 3.8) is 0 Å². The van der Waals surface area contributed by atoms with E-state index in [-0.39, 0.29) is 11.6 Å². The molecule has 3 aromatic rings. The summed E-state index contributed by atoms with van der Waals surface area (Å²) in [4.78, 5) is 5.30. The van der Waals surface area contributed by atoms with Crippen LogP contribution >= 0.6 is 11.3 Å². The minimum absolute atomic E-state index is 0.0552. The highest BCUT2D eigenvalue weighted by Crippen LogP contribution is 2.36. The van der Waals surface area contributed by atoms with E-state index in [1.807, 2.05) is 30.5 Å². The van der Waals surface area contributed by atoms with Crippen molar-refractivity contribution in [3.8, 4) is 39.3 Å². The fourth-order valence-electron chi connectivity index (χ4n) is 2.41. The molecule has 24 heavy (non-hydrogen) atoms. The number of hydrogen-bond donors (Lipinski definition) is 2. The average molecular weight is 337 g/mol. The van der Waals surface area contributed by atoms with Crippen molar-refractivity contribution in [3.05, 3.63) is 47.3 Å². The maximum absolute atomic E-state index is 9.87. The Kier molecular flexibility index (Phi) is 4.36. The molecule has 0 aliphatic rings. The first kappa shape index (κ1) is 15.8. The number of rotatable bonds is 4. The topological polar surface area (TPSA) is 92.2 Å². The van der Waals surface area contributed by atoms with Gasteiger partial charge < -0.3 is 15.6 Å². The second kappa shape index (κ2) is 6.60. The van der Waals surface area contributed by atoms with Gasteiger partial charge in [0.25, 0.3) is 0 Å². The zero-order chi connectivity index (χ0) is 17.1. The quantitative estimate of drug-likeness (QED) is 0.749. The van der Waals surface area contributed by atoms with E-state index in [2.05, 4.69) is 11.1 Å². The number of phenolic OH excluding ortho intramolecular Hbond substituents is 1. The molecule has 0 atom stereocenters. The number of hydrogen-bond acceptors (Lipinski definition) is 6. The highest BCUT2D eigenvalue weighted by atomic mass is 32.1. The third-order valence-electron chi connectivity index (χ3n) is 3.50. The van der Waals surface area contributed by atoms with Crippen LogP contribution in [0.1, 0.15) is 12.5 Å². The molecule has 120 valence electrons. The predicted octanol–water partition coefficient (Wildman–Crippen LogP) is 4.04. The van der Waals surface area contributed by atoms with Gasteiger partial charge >= 0.3 is 0 Å². The maximum atomic E-state index is 9.87. The Morgan fingerprint density at radius 1 is 1.33 bits per heavy atom. The Bertz CT molecular complexity index is 915. The van der Waals surface area contributed by atoms with Gasteiger partial charge in [-0.2, -0.15) is 5.26 Å². The molecule has 6 heteroatoms. The van der Waals surface area contributed by atoms with Crippen LogP contribution in [0.3, 0.4) is 0 Å². The van der Waals surface area contributed by atoms with Crippen molar-refractivity contribution in [1.29, 1.82) is 5.26 Å². The number of anilines is 1. The van der Waals surface area contributed by atoms with Gasteiger partial charge in [0.05, 0.1) is 17.2 Å². The monoisotopic (exact) mass is 337 g/mol. The lowest BCUT2D eigenvalue weighted by Gasteiger charge is -2.12. The molecule has 5 nitrogen and oxygen atoms in total. The number of nitriles is 1. The van der Waals surface area contributed by atoms with Crippen LogP contribution in [0.15, 0.2) is 41.8 Å². The van der Waals surface area contributed by atoms with Crippen molar-refractivity contribution in [2.24, 2.45) is 0 Å². The summed E-state index contributed by atoms with van der Waals surface area (Å²) in [6.45, 7) is 2.27. The molecule has 0 aliphatic carbocycles. The van der Waals surface area contributed by atoms with E-state index in [0.717, 1.165) is 10.4 Å². The van der Waals surface area contributed by atoms with Crippen molar-refractivity contribution < 1.29 is 9.84 Å². The Balaban J connectivity index is 2.19. The van der Waals surface area contributed by atoms with E-state index >= 15 is 0 Å². The van der Waals surface area contributed by atoms with Crippen molar-refractivity contribution >= 4 is 17.2 Å².